The molecule has 0 aliphatic carbocycles. The van der Waals surface area contributed by atoms with Crippen molar-refractivity contribution in [1.29, 1.82) is 0 Å². The summed E-state index contributed by atoms with van der Waals surface area (Å²) in [5, 5.41) is 15.0. The minimum Gasteiger partial charge on any atom is -0.360 e. The molecule has 1 aliphatic heterocycles. The maximum atomic E-state index is 5.05. The standard InChI is InChI=1S/C20H23N7O/c1-16-14-18(25-28-16)22-20-23-19(15-21-24-20)27-12-10-26(11-13-27)9-5-8-17-6-3-2-4-7-17/h2-8,14-15H,9-13H2,1H3,(H,22,23,24,25)/b8-5+. The summed E-state index contributed by atoms with van der Waals surface area (Å²) in [7, 11) is 0. The van der Waals surface area contributed by atoms with Crippen molar-refractivity contribution in [3.05, 3.63) is 60.0 Å². The van der Waals surface area contributed by atoms with E-state index in [1.54, 1.807) is 12.3 Å². The number of aryl methyl sites for hydroxylation is 1. The number of benzene rings is 1. The zero-order valence-electron chi connectivity index (χ0n) is 15.8. The molecular formula is C20H23N7O. The van der Waals surface area contributed by atoms with E-state index in [4.69, 9.17) is 4.52 Å². The summed E-state index contributed by atoms with van der Waals surface area (Å²) in [6, 6.07) is 12.2. The number of hydrogen-bond acceptors (Lipinski definition) is 8. The number of aromatic nitrogens is 4. The van der Waals surface area contributed by atoms with Crippen LogP contribution >= 0.6 is 0 Å². The Balaban J connectivity index is 1.30. The molecule has 144 valence electrons. The molecule has 1 aromatic carbocycles. The molecule has 0 atom stereocenters. The Morgan fingerprint density at radius 1 is 1.14 bits per heavy atom. The molecule has 1 fully saturated rings. The van der Waals surface area contributed by atoms with Crippen molar-refractivity contribution in [2.24, 2.45) is 0 Å². The molecule has 28 heavy (non-hydrogen) atoms. The molecule has 0 spiro atoms. The summed E-state index contributed by atoms with van der Waals surface area (Å²) in [6.07, 6.45) is 6.09. The Bertz CT molecular complexity index is 917. The van der Waals surface area contributed by atoms with Crippen LogP contribution in [0.25, 0.3) is 6.08 Å². The zero-order valence-corrected chi connectivity index (χ0v) is 15.8. The molecule has 1 N–H and O–H groups in total. The lowest BCUT2D eigenvalue weighted by atomic mass is 10.2. The fraction of sp³-hybridized carbons (Fsp3) is 0.300. The Morgan fingerprint density at radius 2 is 1.96 bits per heavy atom. The molecule has 0 amide bonds. The normalized spacial score (nSPS) is 15.2. The van der Waals surface area contributed by atoms with E-state index in [1.165, 1.54) is 5.56 Å². The molecule has 4 rings (SSSR count). The predicted octanol–water partition coefficient (Wildman–Crippen LogP) is 2.75. The fourth-order valence-corrected chi connectivity index (χ4v) is 3.10. The molecule has 1 aliphatic rings. The van der Waals surface area contributed by atoms with Crippen LogP contribution in [-0.4, -0.2) is 58.0 Å². The van der Waals surface area contributed by atoms with E-state index in [2.05, 4.69) is 71.9 Å². The first-order valence-electron chi connectivity index (χ1n) is 9.35. The molecule has 2 aromatic heterocycles. The van der Waals surface area contributed by atoms with Crippen molar-refractivity contribution >= 4 is 23.7 Å². The lowest BCUT2D eigenvalue weighted by Gasteiger charge is -2.34. The third-order valence-electron chi connectivity index (χ3n) is 4.58. The molecule has 3 aromatic rings. The lowest BCUT2D eigenvalue weighted by molar-refractivity contribution is 0.283. The van der Waals surface area contributed by atoms with E-state index in [0.29, 0.717) is 11.8 Å². The number of piperazine rings is 1. The SMILES string of the molecule is Cc1cc(Nc2nncc(N3CCN(C/C=C/c4ccccc4)CC3)n2)no1. The van der Waals surface area contributed by atoms with Crippen LogP contribution in [0.3, 0.4) is 0 Å². The fourth-order valence-electron chi connectivity index (χ4n) is 3.10. The topological polar surface area (TPSA) is 83.2 Å². The minimum atomic E-state index is 0.416. The van der Waals surface area contributed by atoms with Crippen molar-refractivity contribution in [2.75, 3.05) is 42.9 Å². The second kappa shape index (κ2) is 8.62. The van der Waals surface area contributed by atoms with Crippen molar-refractivity contribution < 1.29 is 4.52 Å². The molecule has 0 unspecified atom stereocenters. The molecule has 8 heteroatoms. The third kappa shape index (κ3) is 4.72. The maximum Gasteiger partial charge on any atom is 0.250 e. The second-order valence-corrected chi connectivity index (χ2v) is 6.69. The molecular weight excluding hydrogens is 354 g/mol. The molecule has 3 heterocycles. The quantitative estimate of drug-likeness (QED) is 0.702. The van der Waals surface area contributed by atoms with E-state index in [9.17, 15) is 0 Å². The smallest absolute Gasteiger partial charge is 0.250 e. The van der Waals surface area contributed by atoms with Crippen molar-refractivity contribution in [2.45, 2.75) is 6.92 Å². The van der Waals surface area contributed by atoms with Crippen LogP contribution in [0.15, 0.2) is 53.2 Å². The number of anilines is 3. The first-order valence-corrected chi connectivity index (χ1v) is 9.35. The van der Waals surface area contributed by atoms with Gasteiger partial charge in [0, 0.05) is 38.8 Å². The van der Waals surface area contributed by atoms with Gasteiger partial charge in [-0.3, -0.25) is 4.90 Å². The van der Waals surface area contributed by atoms with Gasteiger partial charge in [-0.15, -0.1) is 5.10 Å². The lowest BCUT2D eigenvalue weighted by Crippen LogP contribution is -2.46. The van der Waals surface area contributed by atoms with Gasteiger partial charge in [-0.05, 0) is 12.5 Å². The van der Waals surface area contributed by atoms with Gasteiger partial charge in [0.15, 0.2) is 11.6 Å². The summed E-state index contributed by atoms with van der Waals surface area (Å²) in [5.41, 5.74) is 1.23. The Labute approximate surface area is 163 Å². The molecule has 0 radical (unpaired) electrons. The first-order chi connectivity index (χ1) is 13.8. The summed E-state index contributed by atoms with van der Waals surface area (Å²) >= 11 is 0. The number of rotatable bonds is 6. The van der Waals surface area contributed by atoms with Crippen molar-refractivity contribution in [1.82, 2.24) is 25.2 Å². The van der Waals surface area contributed by atoms with Gasteiger partial charge in [-0.2, -0.15) is 10.1 Å². The highest BCUT2D eigenvalue weighted by atomic mass is 16.5. The number of nitrogens with one attached hydrogen (secondary N) is 1. The maximum absolute atomic E-state index is 5.05. The van der Waals surface area contributed by atoms with Gasteiger partial charge >= 0.3 is 0 Å². The monoisotopic (exact) mass is 377 g/mol. The van der Waals surface area contributed by atoms with Crippen LogP contribution in [0.5, 0.6) is 0 Å². The van der Waals surface area contributed by atoms with Crippen LogP contribution < -0.4 is 10.2 Å². The third-order valence-corrected chi connectivity index (χ3v) is 4.58. The summed E-state index contributed by atoms with van der Waals surface area (Å²) in [6.45, 7) is 6.55. The Hall–Kier alpha value is -3.26. The van der Waals surface area contributed by atoms with E-state index in [1.807, 2.05) is 13.0 Å². The van der Waals surface area contributed by atoms with E-state index in [0.717, 1.165) is 44.3 Å². The van der Waals surface area contributed by atoms with Crippen LogP contribution in [0.4, 0.5) is 17.6 Å². The minimum absolute atomic E-state index is 0.416. The van der Waals surface area contributed by atoms with Gasteiger partial charge in [-0.1, -0.05) is 47.6 Å². The number of hydrogen-bond donors (Lipinski definition) is 1. The average Bonchev–Trinajstić information content (AvgIpc) is 3.14. The van der Waals surface area contributed by atoms with Crippen molar-refractivity contribution in [3.63, 3.8) is 0 Å². The summed E-state index contributed by atoms with van der Waals surface area (Å²) in [5.74, 6) is 2.53. The van der Waals surface area contributed by atoms with Gasteiger partial charge in [0.25, 0.3) is 0 Å². The Kier molecular flexibility index (Phi) is 5.58. The van der Waals surface area contributed by atoms with Gasteiger partial charge in [0.2, 0.25) is 5.95 Å². The molecule has 0 bridgehead atoms. The van der Waals surface area contributed by atoms with E-state index < -0.39 is 0 Å². The highest BCUT2D eigenvalue weighted by Gasteiger charge is 2.18. The largest absolute Gasteiger partial charge is 0.360 e. The van der Waals surface area contributed by atoms with Crippen LogP contribution in [0.1, 0.15) is 11.3 Å². The van der Waals surface area contributed by atoms with Gasteiger partial charge in [0.1, 0.15) is 5.76 Å². The zero-order chi connectivity index (χ0) is 19.2. The van der Waals surface area contributed by atoms with E-state index in [-0.39, 0.29) is 0 Å². The predicted molar refractivity (Wildman–Crippen MR) is 108 cm³/mol. The summed E-state index contributed by atoms with van der Waals surface area (Å²) < 4.78 is 5.05. The Morgan fingerprint density at radius 3 is 2.71 bits per heavy atom. The van der Waals surface area contributed by atoms with Gasteiger partial charge in [0.05, 0.1) is 6.20 Å². The van der Waals surface area contributed by atoms with Crippen molar-refractivity contribution in [3.8, 4) is 0 Å². The second-order valence-electron chi connectivity index (χ2n) is 6.69. The highest BCUT2D eigenvalue weighted by molar-refractivity contribution is 5.50. The van der Waals surface area contributed by atoms with E-state index >= 15 is 0 Å². The van der Waals surface area contributed by atoms with Gasteiger partial charge < -0.3 is 14.7 Å². The molecule has 1 saturated heterocycles. The molecule has 8 nitrogen and oxygen atoms in total. The van der Waals surface area contributed by atoms with Gasteiger partial charge in [-0.25, -0.2) is 0 Å². The number of nitrogens with zero attached hydrogens (tertiary/aromatic N) is 6. The van der Waals surface area contributed by atoms with Crippen LogP contribution in [0.2, 0.25) is 0 Å². The molecule has 0 saturated carbocycles. The highest BCUT2D eigenvalue weighted by Crippen LogP contribution is 2.16. The summed E-state index contributed by atoms with van der Waals surface area (Å²) in [4.78, 5) is 9.21. The average molecular weight is 377 g/mol. The first kappa shape index (κ1) is 18.1. The van der Waals surface area contributed by atoms with Crippen LogP contribution in [-0.2, 0) is 0 Å². The van der Waals surface area contributed by atoms with Crippen LogP contribution in [0, 0.1) is 6.92 Å².